The molecule has 5 nitrogen and oxygen atoms in total. The molecule has 0 fully saturated rings. The molecule has 0 spiro atoms. The maximum atomic E-state index is 12.0. The van der Waals surface area contributed by atoms with Crippen molar-refractivity contribution >= 4 is 16.9 Å². The van der Waals surface area contributed by atoms with Crippen molar-refractivity contribution < 1.29 is 19.1 Å². The molecule has 0 amide bonds. The van der Waals surface area contributed by atoms with Crippen LogP contribution in [0.3, 0.4) is 0 Å². The topological polar surface area (TPSA) is 79.6 Å². The van der Waals surface area contributed by atoms with Crippen LogP contribution in [0, 0.1) is 0 Å². The van der Waals surface area contributed by atoms with Crippen molar-refractivity contribution in [2.75, 3.05) is 0 Å². The zero-order chi connectivity index (χ0) is 19.5. The molecule has 0 bridgehead atoms. The highest BCUT2D eigenvalue weighted by molar-refractivity contribution is 5.93. The van der Waals surface area contributed by atoms with E-state index < -0.39 is 17.7 Å². The van der Waals surface area contributed by atoms with Crippen molar-refractivity contribution in [3.05, 3.63) is 101 Å². The Labute approximate surface area is 160 Å². The van der Waals surface area contributed by atoms with Gasteiger partial charge in [-0.05, 0) is 28.8 Å². The van der Waals surface area contributed by atoms with Crippen LogP contribution in [0.2, 0.25) is 0 Å². The van der Waals surface area contributed by atoms with Gasteiger partial charge in [0.05, 0.1) is 5.97 Å². The van der Waals surface area contributed by atoms with Crippen LogP contribution in [0.25, 0.3) is 22.1 Å². The zero-order valence-electron chi connectivity index (χ0n) is 14.7. The number of benzene rings is 3. The number of aliphatic carboxylic acids is 1. The van der Waals surface area contributed by atoms with E-state index in [0.29, 0.717) is 11.1 Å². The number of carboxylic acids is 1. The average Bonchev–Trinajstić information content (AvgIpc) is 2.72. The standard InChI is InChI=1S/C23H16O5/c24-21-14-19(15-7-3-1-4-8-15)18-12-11-17(13-20(18)28-21)27-22(23(25)26)16-9-5-2-6-10-16/h1-14,22H,(H,25,26)/p-1/t22-/m0/s1. The number of carboxylic acid groups (broad SMARTS) is 1. The predicted octanol–water partition coefficient (Wildman–Crippen LogP) is 3.33. The molecule has 0 saturated carbocycles. The summed E-state index contributed by atoms with van der Waals surface area (Å²) in [5, 5.41) is 12.3. The van der Waals surface area contributed by atoms with Crippen LogP contribution in [-0.2, 0) is 4.79 Å². The smallest absolute Gasteiger partial charge is 0.336 e. The number of fused-ring (bicyclic) bond motifs is 1. The quantitative estimate of drug-likeness (QED) is 0.503. The van der Waals surface area contributed by atoms with Crippen molar-refractivity contribution in [2.24, 2.45) is 0 Å². The molecule has 0 saturated heterocycles. The van der Waals surface area contributed by atoms with E-state index in [1.54, 1.807) is 42.5 Å². The predicted molar refractivity (Wildman–Crippen MR) is 103 cm³/mol. The summed E-state index contributed by atoms with van der Waals surface area (Å²) in [6.07, 6.45) is -1.28. The second kappa shape index (κ2) is 7.40. The molecule has 1 aromatic heterocycles. The Morgan fingerprint density at radius 3 is 2.25 bits per heavy atom. The summed E-state index contributed by atoms with van der Waals surface area (Å²) < 4.78 is 10.9. The molecule has 5 heteroatoms. The normalized spacial score (nSPS) is 11.9. The fourth-order valence-corrected chi connectivity index (χ4v) is 3.09. The molecular weight excluding hydrogens is 356 g/mol. The molecule has 4 aromatic rings. The molecule has 1 atom stereocenters. The van der Waals surface area contributed by atoms with Crippen molar-refractivity contribution in [3.8, 4) is 16.9 Å². The molecule has 1 heterocycles. The Bertz CT molecular complexity index is 1180. The average molecular weight is 371 g/mol. The van der Waals surface area contributed by atoms with Crippen LogP contribution < -0.4 is 15.5 Å². The Hall–Kier alpha value is -3.86. The van der Waals surface area contributed by atoms with Gasteiger partial charge in [0.2, 0.25) is 0 Å². The maximum Gasteiger partial charge on any atom is 0.336 e. The van der Waals surface area contributed by atoms with Gasteiger partial charge in [-0.2, -0.15) is 0 Å². The minimum Gasteiger partial charge on any atom is -0.546 e. The van der Waals surface area contributed by atoms with Crippen LogP contribution >= 0.6 is 0 Å². The summed E-state index contributed by atoms with van der Waals surface area (Å²) in [7, 11) is 0. The largest absolute Gasteiger partial charge is 0.546 e. The number of ether oxygens (including phenoxy) is 1. The lowest BCUT2D eigenvalue weighted by Gasteiger charge is -2.20. The van der Waals surface area contributed by atoms with Crippen molar-refractivity contribution in [1.29, 1.82) is 0 Å². The zero-order valence-corrected chi connectivity index (χ0v) is 14.7. The molecule has 0 aliphatic rings. The summed E-state index contributed by atoms with van der Waals surface area (Å²) in [5.41, 5.74) is 1.89. The van der Waals surface area contributed by atoms with Gasteiger partial charge in [-0.3, -0.25) is 0 Å². The van der Waals surface area contributed by atoms with E-state index in [1.807, 2.05) is 30.3 Å². The van der Waals surface area contributed by atoms with Gasteiger partial charge in [-0.25, -0.2) is 4.79 Å². The third kappa shape index (κ3) is 3.50. The van der Waals surface area contributed by atoms with E-state index in [1.165, 1.54) is 12.1 Å². The van der Waals surface area contributed by atoms with Crippen LogP contribution in [0.5, 0.6) is 5.75 Å². The van der Waals surface area contributed by atoms with Crippen molar-refractivity contribution in [2.45, 2.75) is 6.10 Å². The first kappa shape index (κ1) is 17.5. The van der Waals surface area contributed by atoms with Crippen molar-refractivity contribution in [3.63, 3.8) is 0 Å². The van der Waals surface area contributed by atoms with E-state index in [2.05, 4.69) is 0 Å². The summed E-state index contributed by atoms with van der Waals surface area (Å²) in [6, 6.07) is 24.3. The summed E-state index contributed by atoms with van der Waals surface area (Å²) in [5.74, 6) is -1.09. The number of rotatable bonds is 5. The van der Waals surface area contributed by atoms with Crippen LogP contribution in [0.1, 0.15) is 11.7 Å². The second-order valence-electron chi connectivity index (χ2n) is 6.23. The highest BCUT2D eigenvalue weighted by atomic mass is 16.5. The lowest BCUT2D eigenvalue weighted by Crippen LogP contribution is -2.33. The Morgan fingerprint density at radius 1 is 0.893 bits per heavy atom. The Morgan fingerprint density at radius 2 is 1.57 bits per heavy atom. The number of carbonyl (C=O) groups excluding carboxylic acids is 1. The SMILES string of the molecule is O=C([O-])[C@@H](Oc1ccc2c(-c3ccccc3)cc(=O)oc2c1)c1ccccc1. The summed E-state index contributed by atoms with van der Waals surface area (Å²) >= 11 is 0. The molecule has 0 aliphatic heterocycles. The van der Waals surface area contributed by atoms with E-state index in [0.717, 1.165) is 16.5 Å². The first-order chi connectivity index (χ1) is 13.6. The molecule has 0 aliphatic carbocycles. The highest BCUT2D eigenvalue weighted by Crippen LogP contribution is 2.31. The van der Waals surface area contributed by atoms with E-state index in [4.69, 9.17) is 9.15 Å². The van der Waals surface area contributed by atoms with Gasteiger partial charge in [-0.15, -0.1) is 0 Å². The minimum absolute atomic E-state index is 0.263. The van der Waals surface area contributed by atoms with Crippen molar-refractivity contribution in [1.82, 2.24) is 0 Å². The van der Waals surface area contributed by atoms with E-state index in [-0.39, 0.29) is 5.75 Å². The molecule has 0 unspecified atom stereocenters. The van der Waals surface area contributed by atoms with Gasteiger partial charge in [-0.1, -0.05) is 60.7 Å². The van der Waals surface area contributed by atoms with Gasteiger partial charge in [0, 0.05) is 17.5 Å². The van der Waals surface area contributed by atoms with E-state index in [9.17, 15) is 14.7 Å². The van der Waals surface area contributed by atoms with Gasteiger partial charge in [0.15, 0.2) is 6.10 Å². The van der Waals surface area contributed by atoms with Gasteiger partial charge in [0.1, 0.15) is 11.3 Å². The van der Waals surface area contributed by atoms with Crippen LogP contribution in [0.15, 0.2) is 94.1 Å². The monoisotopic (exact) mass is 371 g/mol. The van der Waals surface area contributed by atoms with Gasteiger partial charge in [0.25, 0.3) is 0 Å². The molecule has 28 heavy (non-hydrogen) atoms. The summed E-state index contributed by atoms with van der Waals surface area (Å²) in [6.45, 7) is 0. The first-order valence-corrected chi connectivity index (χ1v) is 8.67. The Kier molecular flexibility index (Phi) is 4.64. The van der Waals surface area contributed by atoms with Crippen LogP contribution in [-0.4, -0.2) is 5.97 Å². The fourth-order valence-electron chi connectivity index (χ4n) is 3.09. The second-order valence-corrected chi connectivity index (χ2v) is 6.23. The highest BCUT2D eigenvalue weighted by Gasteiger charge is 2.16. The molecule has 4 rings (SSSR count). The fraction of sp³-hybridized carbons (Fsp3) is 0.0435. The number of carbonyl (C=O) groups is 1. The molecule has 0 N–H and O–H groups in total. The molecule has 138 valence electrons. The maximum absolute atomic E-state index is 12.0. The van der Waals surface area contributed by atoms with Crippen LogP contribution in [0.4, 0.5) is 0 Å². The number of hydrogen-bond donors (Lipinski definition) is 0. The third-order valence-corrected chi connectivity index (χ3v) is 4.37. The minimum atomic E-state index is -1.36. The Balaban J connectivity index is 1.76. The molecule has 3 aromatic carbocycles. The first-order valence-electron chi connectivity index (χ1n) is 8.67. The lowest BCUT2D eigenvalue weighted by atomic mass is 10.0. The van der Waals surface area contributed by atoms with E-state index >= 15 is 0 Å². The summed E-state index contributed by atoms with van der Waals surface area (Å²) in [4.78, 5) is 23.6. The lowest BCUT2D eigenvalue weighted by molar-refractivity contribution is -0.314. The third-order valence-electron chi connectivity index (χ3n) is 4.37. The number of hydrogen-bond acceptors (Lipinski definition) is 5. The molecular formula is C23H15O5-. The van der Waals surface area contributed by atoms with Gasteiger partial charge >= 0.3 is 5.63 Å². The molecule has 0 radical (unpaired) electrons. The van der Waals surface area contributed by atoms with Gasteiger partial charge < -0.3 is 19.1 Å².